The summed E-state index contributed by atoms with van der Waals surface area (Å²) in [5, 5.41) is 2.41. The van der Waals surface area contributed by atoms with Crippen molar-refractivity contribution in [2.24, 2.45) is 0 Å². The van der Waals surface area contributed by atoms with Crippen LogP contribution in [0.15, 0.2) is 273 Å². The van der Waals surface area contributed by atoms with Crippen LogP contribution in [0.5, 0.6) is 0 Å². The topological polar surface area (TPSA) is 3.24 Å². The summed E-state index contributed by atoms with van der Waals surface area (Å²) in [4.78, 5) is 2.46. The summed E-state index contributed by atoms with van der Waals surface area (Å²) in [6, 6.07) is 100. The van der Waals surface area contributed by atoms with Crippen LogP contribution in [-0.4, -0.2) is 0 Å². The lowest BCUT2D eigenvalue weighted by Crippen LogP contribution is -2.28. The summed E-state index contributed by atoms with van der Waals surface area (Å²) in [5.41, 5.74) is 19.9. The predicted molar refractivity (Wildman–Crippen MR) is 278 cm³/mol. The van der Waals surface area contributed by atoms with Gasteiger partial charge in [-0.2, -0.15) is 0 Å². The van der Waals surface area contributed by atoms with Crippen LogP contribution in [-0.2, 0) is 5.41 Å². The van der Waals surface area contributed by atoms with E-state index >= 15 is 0 Å². The first kappa shape index (κ1) is 39.1. The van der Waals surface area contributed by atoms with Crippen LogP contribution < -0.4 is 4.90 Å². The molecule has 0 radical (unpaired) electrons. The molecule has 66 heavy (non-hydrogen) atoms. The van der Waals surface area contributed by atoms with Gasteiger partial charge in [-0.1, -0.05) is 237 Å². The van der Waals surface area contributed by atoms with Gasteiger partial charge in [-0.25, -0.2) is 0 Å². The van der Waals surface area contributed by atoms with Gasteiger partial charge < -0.3 is 4.90 Å². The van der Waals surface area contributed by atoms with Crippen LogP contribution in [0.4, 0.5) is 17.1 Å². The Balaban J connectivity index is 1.10. The lowest BCUT2D eigenvalue weighted by atomic mass is 9.67. The second-order valence-corrected chi connectivity index (χ2v) is 17.2. The van der Waals surface area contributed by atoms with Gasteiger partial charge in [0.15, 0.2) is 0 Å². The maximum atomic E-state index is 2.47. The average Bonchev–Trinajstić information content (AvgIpc) is 3.70. The summed E-state index contributed by atoms with van der Waals surface area (Å²) in [5.74, 6) is 0. The van der Waals surface area contributed by atoms with Gasteiger partial charge in [-0.3, -0.25) is 0 Å². The Morgan fingerprint density at radius 3 is 1.39 bits per heavy atom. The molecule has 0 heterocycles. The lowest BCUT2D eigenvalue weighted by molar-refractivity contribution is 0.768. The van der Waals surface area contributed by atoms with E-state index in [0.29, 0.717) is 0 Å². The highest BCUT2D eigenvalue weighted by atomic mass is 15.1. The van der Waals surface area contributed by atoms with E-state index in [1.54, 1.807) is 0 Å². The lowest BCUT2D eigenvalue weighted by Gasteiger charge is -2.35. The number of hydrogen-bond donors (Lipinski definition) is 0. The molecule has 0 spiro atoms. The molecule has 1 aliphatic rings. The second kappa shape index (κ2) is 16.6. The Hall–Kier alpha value is -8.52. The molecule has 0 unspecified atom stereocenters. The molecule has 0 saturated carbocycles. The molecule has 0 atom stereocenters. The van der Waals surface area contributed by atoms with Gasteiger partial charge in [0.2, 0.25) is 0 Å². The second-order valence-electron chi connectivity index (χ2n) is 17.2. The Bertz CT molecular complexity index is 3480. The van der Waals surface area contributed by atoms with Crippen molar-refractivity contribution in [3.63, 3.8) is 0 Å². The third-order valence-electron chi connectivity index (χ3n) is 13.5. The van der Waals surface area contributed by atoms with E-state index in [1.807, 2.05) is 0 Å². The number of anilines is 3. The smallest absolute Gasteiger partial charge is 0.0714 e. The third kappa shape index (κ3) is 6.56. The molecule has 0 aliphatic heterocycles. The maximum absolute atomic E-state index is 2.47. The molecule has 0 N–H and O–H groups in total. The fraction of sp³-hybridized carbons (Fsp3) is 0.0154. The minimum Gasteiger partial charge on any atom is -0.310 e. The standard InChI is InChI=1S/C65H45N/c1-5-22-47(23-6-1)56-33-15-16-35-61(56)64-57(48-24-7-2-8-25-48)36-20-37-58(64)50-27-19-32-53(44-50)66(54-40-39-46-21-13-14-26-49(46)43-54)55-41-42-60-59-34-17-18-38-62(59)65(63(60)45-55,51-28-9-3-10-29-51)52-30-11-4-12-31-52/h1-45H. The fourth-order valence-electron chi connectivity index (χ4n) is 10.7. The van der Waals surface area contributed by atoms with E-state index in [4.69, 9.17) is 0 Å². The summed E-state index contributed by atoms with van der Waals surface area (Å²) < 4.78 is 0. The molecular formula is C65H45N. The summed E-state index contributed by atoms with van der Waals surface area (Å²) in [6.45, 7) is 0. The van der Waals surface area contributed by atoms with Crippen LogP contribution in [0.2, 0.25) is 0 Å². The SMILES string of the molecule is c1ccc(-c2ccccc2-c2c(-c3ccccc3)cccc2-c2cccc(N(c3ccc4c(c3)C(c3ccccc3)(c3ccccc3)c3ccccc3-4)c3ccc4ccccc4c3)c2)cc1. The maximum Gasteiger partial charge on any atom is 0.0714 e. The molecule has 310 valence electrons. The molecule has 11 aromatic carbocycles. The van der Waals surface area contributed by atoms with Crippen LogP contribution in [0, 0.1) is 0 Å². The van der Waals surface area contributed by atoms with Gasteiger partial charge in [0.05, 0.1) is 5.41 Å². The molecule has 0 saturated heterocycles. The number of hydrogen-bond acceptors (Lipinski definition) is 1. The van der Waals surface area contributed by atoms with Crippen molar-refractivity contribution in [2.75, 3.05) is 4.90 Å². The van der Waals surface area contributed by atoms with Crippen molar-refractivity contribution in [3.05, 3.63) is 295 Å². The van der Waals surface area contributed by atoms with Gasteiger partial charge in [-0.15, -0.1) is 0 Å². The van der Waals surface area contributed by atoms with E-state index in [1.165, 1.54) is 83.1 Å². The van der Waals surface area contributed by atoms with Crippen LogP contribution in [0.1, 0.15) is 22.3 Å². The minimum atomic E-state index is -0.527. The van der Waals surface area contributed by atoms with Crippen molar-refractivity contribution in [2.45, 2.75) is 5.41 Å². The molecule has 1 aliphatic carbocycles. The van der Waals surface area contributed by atoms with E-state index in [9.17, 15) is 0 Å². The highest BCUT2D eigenvalue weighted by Gasteiger charge is 2.46. The number of fused-ring (bicyclic) bond motifs is 4. The molecule has 0 fully saturated rings. The molecule has 11 aromatic rings. The zero-order valence-electron chi connectivity index (χ0n) is 36.4. The number of nitrogens with zero attached hydrogens (tertiary/aromatic N) is 1. The van der Waals surface area contributed by atoms with Crippen LogP contribution in [0.3, 0.4) is 0 Å². The zero-order chi connectivity index (χ0) is 43.9. The predicted octanol–water partition coefficient (Wildman–Crippen LogP) is 17.3. The average molecular weight is 840 g/mol. The first-order valence-electron chi connectivity index (χ1n) is 22.8. The Morgan fingerprint density at radius 1 is 0.242 bits per heavy atom. The summed E-state index contributed by atoms with van der Waals surface area (Å²) in [7, 11) is 0. The number of benzene rings is 11. The van der Waals surface area contributed by atoms with Gasteiger partial charge in [0.25, 0.3) is 0 Å². The fourth-order valence-corrected chi connectivity index (χ4v) is 10.7. The normalized spacial score (nSPS) is 12.4. The monoisotopic (exact) mass is 839 g/mol. The molecule has 0 amide bonds. The molecule has 0 aromatic heterocycles. The van der Waals surface area contributed by atoms with Gasteiger partial charge in [-0.05, 0) is 125 Å². The highest BCUT2D eigenvalue weighted by molar-refractivity contribution is 6.00. The molecule has 1 nitrogen and oxygen atoms in total. The quantitative estimate of drug-likeness (QED) is 0.140. The molecule has 0 bridgehead atoms. The summed E-state index contributed by atoms with van der Waals surface area (Å²) in [6.07, 6.45) is 0. The first-order chi connectivity index (χ1) is 32.8. The van der Waals surface area contributed by atoms with Crippen molar-refractivity contribution >= 4 is 27.8 Å². The Kier molecular flexibility index (Phi) is 9.81. The molecule has 12 rings (SSSR count). The molecule has 1 heteroatoms. The first-order valence-corrected chi connectivity index (χ1v) is 22.8. The minimum absolute atomic E-state index is 0.527. The van der Waals surface area contributed by atoms with Gasteiger partial charge in [0, 0.05) is 17.1 Å². The van der Waals surface area contributed by atoms with Crippen molar-refractivity contribution in [3.8, 4) is 55.6 Å². The van der Waals surface area contributed by atoms with Crippen LogP contribution in [0.25, 0.3) is 66.4 Å². The summed E-state index contributed by atoms with van der Waals surface area (Å²) >= 11 is 0. The largest absolute Gasteiger partial charge is 0.310 e. The van der Waals surface area contributed by atoms with Gasteiger partial charge >= 0.3 is 0 Å². The van der Waals surface area contributed by atoms with E-state index < -0.39 is 5.41 Å². The Labute approximate surface area is 387 Å². The third-order valence-corrected chi connectivity index (χ3v) is 13.5. The van der Waals surface area contributed by atoms with Crippen molar-refractivity contribution < 1.29 is 0 Å². The van der Waals surface area contributed by atoms with E-state index in [0.717, 1.165) is 22.6 Å². The van der Waals surface area contributed by atoms with Crippen molar-refractivity contribution in [1.82, 2.24) is 0 Å². The zero-order valence-corrected chi connectivity index (χ0v) is 36.4. The van der Waals surface area contributed by atoms with Crippen LogP contribution >= 0.6 is 0 Å². The highest BCUT2D eigenvalue weighted by Crippen LogP contribution is 2.57. The van der Waals surface area contributed by atoms with Gasteiger partial charge in [0.1, 0.15) is 0 Å². The van der Waals surface area contributed by atoms with E-state index in [-0.39, 0.29) is 0 Å². The Morgan fingerprint density at radius 2 is 0.697 bits per heavy atom. The van der Waals surface area contributed by atoms with E-state index in [2.05, 4.69) is 278 Å². The number of rotatable bonds is 9. The molecular weight excluding hydrogens is 795 g/mol. The van der Waals surface area contributed by atoms with Crippen molar-refractivity contribution in [1.29, 1.82) is 0 Å².